The molecule has 0 saturated heterocycles. The van der Waals surface area contributed by atoms with Gasteiger partial charge in [-0.1, -0.05) is 47.5 Å². The molecule has 1 heteroatoms. The molecule has 0 N–H and O–H groups in total. The van der Waals surface area contributed by atoms with Crippen molar-refractivity contribution in [1.29, 1.82) is 0 Å². The fourth-order valence-corrected chi connectivity index (χ4v) is 2.98. The molecule has 0 amide bonds. The molecule has 0 aliphatic carbocycles. The van der Waals surface area contributed by atoms with E-state index in [4.69, 9.17) is 4.74 Å². The Labute approximate surface area is 109 Å². The van der Waals surface area contributed by atoms with E-state index in [9.17, 15) is 0 Å². The Morgan fingerprint density at radius 3 is 2.12 bits per heavy atom. The van der Waals surface area contributed by atoms with Gasteiger partial charge in [-0.15, -0.1) is 0 Å². The predicted molar refractivity (Wildman–Crippen MR) is 77.4 cm³/mol. The van der Waals surface area contributed by atoms with Crippen molar-refractivity contribution in [3.63, 3.8) is 0 Å². The fourth-order valence-electron chi connectivity index (χ4n) is 2.98. The topological polar surface area (TPSA) is 9.23 Å². The summed E-state index contributed by atoms with van der Waals surface area (Å²) in [5.41, 5.74) is 0.472. The first-order valence-corrected chi connectivity index (χ1v) is 7.59. The minimum Gasteiger partial charge on any atom is -0.378 e. The summed E-state index contributed by atoms with van der Waals surface area (Å²) in [6, 6.07) is 0. The van der Waals surface area contributed by atoms with E-state index in [-0.39, 0.29) is 0 Å². The van der Waals surface area contributed by atoms with Crippen molar-refractivity contribution in [1.82, 2.24) is 0 Å². The van der Waals surface area contributed by atoms with Crippen LogP contribution in [0.3, 0.4) is 0 Å². The van der Waals surface area contributed by atoms with E-state index >= 15 is 0 Å². The van der Waals surface area contributed by atoms with E-state index in [1.165, 1.54) is 32.1 Å². The first kappa shape index (κ1) is 17.0. The van der Waals surface area contributed by atoms with Crippen molar-refractivity contribution in [2.24, 2.45) is 11.3 Å². The summed E-state index contributed by atoms with van der Waals surface area (Å²) in [5.74, 6) is 0.788. The summed E-state index contributed by atoms with van der Waals surface area (Å²) in [7, 11) is 0. The smallest absolute Gasteiger partial charge is 0.0577 e. The van der Waals surface area contributed by atoms with Gasteiger partial charge in [0.05, 0.1) is 6.10 Å². The molecule has 2 atom stereocenters. The van der Waals surface area contributed by atoms with Crippen LogP contribution in [0.4, 0.5) is 0 Å². The standard InChI is InChI=1S/C16H34O/c1-7-10-11-16(6,12-14(4)5)13-15(8-2)17-9-3/h14-15H,7-13H2,1-6H3. The zero-order chi connectivity index (χ0) is 13.3. The van der Waals surface area contributed by atoms with Gasteiger partial charge in [0.15, 0.2) is 0 Å². The average Bonchev–Trinajstić information content (AvgIpc) is 2.25. The Hall–Kier alpha value is -0.0400. The highest BCUT2D eigenvalue weighted by Crippen LogP contribution is 2.37. The Morgan fingerprint density at radius 1 is 1.06 bits per heavy atom. The van der Waals surface area contributed by atoms with Crippen LogP contribution in [0.2, 0.25) is 0 Å². The van der Waals surface area contributed by atoms with Gasteiger partial charge in [-0.05, 0) is 43.9 Å². The average molecular weight is 242 g/mol. The van der Waals surface area contributed by atoms with E-state index in [0.717, 1.165) is 18.9 Å². The lowest BCUT2D eigenvalue weighted by atomic mass is 9.73. The maximum Gasteiger partial charge on any atom is 0.0577 e. The summed E-state index contributed by atoms with van der Waals surface area (Å²) in [6.45, 7) is 14.6. The van der Waals surface area contributed by atoms with Crippen LogP contribution in [-0.4, -0.2) is 12.7 Å². The minimum atomic E-state index is 0.459. The highest BCUT2D eigenvalue weighted by atomic mass is 16.5. The van der Waals surface area contributed by atoms with Crippen LogP contribution in [0.5, 0.6) is 0 Å². The Kier molecular flexibility index (Phi) is 8.94. The summed E-state index contributed by atoms with van der Waals surface area (Å²) in [6.07, 6.45) is 8.18. The van der Waals surface area contributed by atoms with Crippen molar-refractivity contribution in [3.8, 4) is 0 Å². The van der Waals surface area contributed by atoms with E-state index < -0.39 is 0 Å². The van der Waals surface area contributed by atoms with Gasteiger partial charge < -0.3 is 4.74 Å². The molecule has 0 saturated carbocycles. The second-order valence-electron chi connectivity index (χ2n) is 6.20. The SMILES string of the molecule is CCCCC(C)(CC(C)C)CC(CC)OCC. The van der Waals surface area contributed by atoms with Gasteiger partial charge in [-0.25, -0.2) is 0 Å². The molecule has 0 bridgehead atoms. The van der Waals surface area contributed by atoms with Crippen molar-refractivity contribution in [2.75, 3.05) is 6.61 Å². The van der Waals surface area contributed by atoms with Crippen LogP contribution in [0.25, 0.3) is 0 Å². The Morgan fingerprint density at radius 2 is 1.71 bits per heavy atom. The molecule has 1 nitrogen and oxygen atoms in total. The normalized spacial score (nSPS) is 17.1. The molecule has 0 aromatic rings. The van der Waals surface area contributed by atoms with Gasteiger partial charge in [0, 0.05) is 6.61 Å². The third kappa shape index (κ3) is 7.81. The maximum atomic E-state index is 5.85. The number of ether oxygens (including phenoxy) is 1. The summed E-state index contributed by atoms with van der Waals surface area (Å²) in [5, 5.41) is 0. The van der Waals surface area contributed by atoms with Crippen LogP contribution >= 0.6 is 0 Å². The van der Waals surface area contributed by atoms with Crippen LogP contribution in [-0.2, 0) is 4.74 Å². The van der Waals surface area contributed by atoms with Crippen LogP contribution in [0.15, 0.2) is 0 Å². The molecule has 0 aliphatic rings. The summed E-state index contributed by atoms with van der Waals surface area (Å²) in [4.78, 5) is 0. The third-order valence-corrected chi connectivity index (χ3v) is 3.61. The molecule has 0 aromatic carbocycles. The van der Waals surface area contributed by atoms with Crippen LogP contribution < -0.4 is 0 Å². The van der Waals surface area contributed by atoms with Crippen LogP contribution in [0.1, 0.15) is 80.1 Å². The molecule has 0 aliphatic heterocycles. The zero-order valence-corrected chi connectivity index (χ0v) is 13.0. The van der Waals surface area contributed by atoms with Gasteiger partial charge >= 0.3 is 0 Å². The van der Waals surface area contributed by atoms with Gasteiger partial charge in [0.25, 0.3) is 0 Å². The maximum absolute atomic E-state index is 5.85. The van der Waals surface area contributed by atoms with E-state index in [1.54, 1.807) is 0 Å². The molecule has 17 heavy (non-hydrogen) atoms. The quantitative estimate of drug-likeness (QED) is 0.496. The molecule has 0 radical (unpaired) electrons. The lowest BCUT2D eigenvalue weighted by molar-refractivity contribution is 0.0156. The van der Waals surface area contributed by atoms with E-state index in [2.05, 4.69) is 41.5 Å². The molecule has 0 spiro atoms. The molecular weight excluding hydrogens is 208 g/mol. The van der Waals surface area contributed by atoms with Gasteiger partial charge in [-0.3, -0.25) is 0 Å². The van der Waals surface area contributed by atoms with Crippen molar-refractivity contribution < 1.29 is 4.74 Å². The highest BCUT2D eigenvalue weighted by molar-refractivity contribution is 4.79. The second kappa shape index (κ2) is 8.97. The molecule has 104 valence electrons. The molecule has 0 fully saturated rings. The van der Waals surface area contributed by atoms with E-state index in [0.29, 0.717) is 11.5 Å². The minimum absolute atomic E-state index is 0.459. The number of unbranched alkanes of at least 4 members (excludes halogenated alkanes) is 1. The first-order valence-electron chi connectivity index (χ1n) is 7.59. The monoisotopic (exact) mass is 242 g/mol. The molecule has 0 rings (SSSR count). The largest absolute Gasteiger partial charge is 0.378 e. The summed E-state index contributed by atoms with van der Waals surface area (Å²) >= 11 is 0. The van der Waals surface area contributed by atoms with Gasteiger partial charge in [-0.2, -0.15) is 0 Å². The fraction of sp³-hybridized carbons (Fsp3) is 1.00. The third-order valence-electron chi connectivity index (χ3n) is 3.61. The number of rotatable bonds is 10. The number of hydrogen-bond acceptors (Lipinski definition) is 1. The Bertz CT molecular complexity index is 176. The van der Waals surface area contributed by atoms with E-state index in [1.807, 2.05) is 0 Å². The predicted octanol–water partition coefficient (Wildman–Crippen LogP) is 5.43. The van der Waals surface area contributed by atoms with Gasteiger partial charge in [0.1, 0.15) is 0 Å². The zero-order valence-electron chi connectivity index (χ0n) is 13.0. The summed E-state index contributed by atoms with van der Waals surface area (Å²) < 4.78 is 5.85. The lowest BCUT2D eigenvalue weighted by Crippen LogP contribution is -2.27. The van der Waals surface area contributed by atoms with Crippen molar-refractivity contribution in [2.45, 2.75) is 86.2 Å². The molecular formula is C16H34O. The van der Waals surface area contributed by atoms with Crippen molar-refractivity contribution in [3.05, 3.63) is 0 Å². The highest BCUT2D eigenvalue weighted by Gasteiger charge is 2.28. The van der Waals surface area contributed by atoms with Crippen LogP contribution in [0, 0.1) is 11.3 Å². The Balaban J connectivity index is 4.42. The van der Waals surface area contributed by atoms with Crippen molar-refractivity contribution >= 4 is 0 Å². The second-order valence-corrected chi connectivity index (χ2v) is 6.20. The number of hydrogen-bond donors (Lipinski definition) is 0. The lowest BCUT2D eigenvalue weighted by Gasteiger charge is -2.34. The molecule has 0 aromatic heterocycles. The van der Waals surface area contributed by atoms with Gasteiger partial charge in [0.2, 0.25) is 0 Å². The first-order chi connectivity index (χ1) is 7.97. The molecule has 0 heterocycles. The molecule has 2 unspecified atom stereocenters.